The summed E-state index contributed by atoms with van der Waals surface area (Å²) in [6, 6.07) is 7.84. The van der Waals surface area contributed by atoms with Crippen LogP contribution in [0.15, 0.2) is 30.3 Å². The first-order valence-corrected chi connectivity index (χ1v) is 5.61. The molecule has 0 unspecified atom stereocenters. The second-order valence-electron chi connectivity index (χ2n) is 3.53. The molecular weight excluding hydrogens is 257 g/mol. The van der Waals surface area contributed by atoms with Gasteiger partial charge >= 0.3 is 0 Å². The van der Waals surface area contributed by atoms with Gasteiger partial charge in [0, 0.05) is 13.2 Å². The van der Waals surface area contributed by atoms with Crippen molar-refractivity contribution in [1.82, 2.24) is 9.97 Å². The number of ether oxygens (including phenoxy) is 1. The van der Waals surface area contributed by atoms with Crippen molar-refractivity contribution in [3.8, 4) is 0 Å². The van der Waals surface area contributed by atoms with Gasteiger partial charge in [-0.25, -0.2) is 14.4 Å². The summed E-state index contributed by atoms with van der Waals surface area (Å²) in [6.45, 7) is 0.243. The molecule has 0 radical (unpaired) electrons. The number of hydrogen-bond acceptors (Lipinski definition) is 4. The fraction of sp³-hybridized carbons (Fsp3) is 0.167. The van der Waals surface area contributed by atoms with Gasteiger partial charge in [-0.2, -0.15) is 0 Å². The maximum absolute atomic E-state index is 13.5. The third kappa shape index (κ3) is 3.15. The predicted octanol–water partition coefficient (Wildman–Crippen LogP) is 3.16. The smallest absolute Gasteiger partial charge is 0.158 e. The lowest BCUT2D eigenvalue weighted by molar-refractivity contribution is 0.178. The van der Waals surface area contributed by atoms with Crippen LogP contribution in [-0.2, 0) is 11.3 Å². The zero-order valence-electron chi connectivity index (χ0n) is 9.65. The van der Waals surface area contributed by atoms with Gasteiger partial charge in [0.1, 0.15) is 23.4 Å². The van der Waals surface area contributed by atoms with Crippen LogP contribution >= 0.6 is 11.6 Å². The first-order chi connectivity index (χ1) is 8.69. The van der Waals surface area contributed by atoms with Crippen molar-refractivity contribution < 1.29 is 9.13 Å². The number of rotatable bonds is 4. The van der Waals surface area contributed by atoms with Crippen LogP contribution in [0.25, 0.3) is 0 Å². The summed E-state index contributed by atoms with van der Waals surface area (Å²) in [7, 11) is 1.54. The van der Waals surface area contributed by atoms with E-state index in [1.54, 1.807) is 18.2 Å². The molecule has 0 spiro atoms. The van der Waals surface area contributed by atoms with E-state index in [9.17, 15) is 4.39 Å². The topological polar surface area (TPSA) is 47.0 Å². The average Bonchev–Trinajstić information content (AvgIpc) is 2.32. The van der Waals surface area contributed by atoms with Crippen molar-refractivity contribution in [2.45, 2.75) is 6.61 Å². The molecule has 6 heteroatoms. The van der Waals surface area contributed by atoms with Crippen LogP contribution in [0.5, 0.6) is 0 Å². The van der Waals surface area contributed by atoms with Crippen molar-refractivity contribution >= 4 is 23.1 Å². The van der Waals surface area contributed by atoms with Gasteiger partial charge in [0.05, 0.1) is 5.69 Å². The second kappa shape index (κ2) is 5.75. The first kappa shape index (κ1) is 12.7. The quantitative estimate of drug-likeness (QED) is 0.865. The summed E-state index contributed by atoms with van der Waals surface area (Å²) >= 11 is 5.85. The molecule has 94 valence electrons. The minimum atomic E-state index is -0.361. The van der Waals surface area contributed by atoms with Gasteiger partial charge in [-0.05, 0) is 12.1 Å². The van der Waals surface area contributed by atoms with Crippen LogP contribution in [0.2, 0.25) is 5.15 Å². The fourth-order valence-corrected chi connectivity index (χ4v) is 1.62. The van der Waals surface area contributed by atoms with E-state index in [1.165, 1.54) is 19.2 Å². The third-order valence-corrected chi connectivity index (χ3v) is 2.34. The monoisotopic (exact) mass is 267 g/mol. The summed E-state index contributed by atoms with van der Waals surface area (Å²) in [5, 5.41) is 3.12. The van der Waals surface area contributed by atoms with Crippen LogP contribution in [0.1, 0.15) is 5.82 Å². The minimum absolute atomic E-state index is 0.243. The maximum Gasteiger partial charge on any atom is 0.158 e. The number of halogens is 2. The number of nitrogens with zero attached hydrogens (tertiary/aromatic N) is 2. The Morgan fingerprint density at radius 3 is 2.83 bits per heavy atom. The average molecular weight is 268 g/mol. The number of benzene rings is 1. The Hall–Kier alpha value is -1.72. The molecule has 1 aromatic carbocycles. The van der Waals surface area contributed by atoms with Crippen LogP contribution in [-0.4, -0.2) is 17.1 Å². The predicted molar refractivity (Wildman–Crippen MR) is 67.4 cm³/mol. The zero-order valence-corrected chi connectivity index (χ0v) is 10.4. The number of methoxy groups -OCH3 is 1. The minimum Gasteiger partial charge on any atom is -0.377 e. The molecule has 4 nitrogen and oxygen atoms in total. The van der Waals surface area contributed by atoms with Crippen molar-refractivity contribution in [1.29, 1.82) is 0 Å². The van der Waals surface area contributed by atoms with Gasteiger partial charge in [-0.15, -0.1) is 0 Å². The van der Waals surface area contributed by atoms with E-state index in [0.717, 1.165) is 0 Å². The lowest BCUT2D eigenvalue weighted by Gasteiger charge is -2.08. The number of anilines is 2. The second-order valence-corrected chi connectivity index (χ2v) is 3.92. The highest BCUT2D eigenvalue weighted by atomic mass is 35.5. The van der Waals surface area contributed by atoms with Gasteiger partial charge in [0.2, 0.25) is 0 Å². The van der Waals surface area contributed by atoms with E-state index in [2.05, 4.69) is 15.3 Å². The first-order valence-electron chi connectivity index (χ1n) is 5.23. The molecule has 0 bridgehead atoms. The summed E-state index contributed by atoms with van der Waals surface area (Å²) in [4.78, 5) is 8.14. The Kier molecular flexibility index (Phi) is 4.07. The molecule has 0 aliphatic rings. The van der Waals surface area contributed by atoms with E-state index in [4.69, 9.17) is 16.3 Å². The highest BCUT2D eigenvalue weighted by molar-refractivity contribution is 6.29. The lowest BCUT2D eigenvalue weighted by atomic mass is 10.3. The Balaban J connectivity index is 2.26. The van der Waals surface area contributed by atoms with Crippen molar-refractivity contribution in [3.05, 3.63) is 47.1 Å². The number of para-hydroxylation sites is 1. The van der Waals surface area contributed by atoms with Crippen LogP contribution in [0, 0.1) is 5.82 Å². The molecule has 0 atom stereocenters. The summed E-state index contributed by atoms with van der Waals surface area (Å²) in [5.74, 6) is 0.497. The van der Waals surface area contributed by atoms with Gasteiger partial charge in [0.25, 0.3) is 0 Å². The molecule has 1 N–H and O–H groups in total. The lowest BCUT2D eigenvalue weighted by Crippen LogP contribution is -2.02. The molecule has 2 rings (SSSR count). The normalized spacial score (nSPS) is 10.4. The molecule has 1 heterocycles. The molecule has 0 saturated carbocycles. The molecule has 0 aliphatic heterocycles. The summed E-state index contributed by atoms with van der Waals surface area (Å²) in [5.41, 5.74) is 0.329. The SMILES string of the molecule is COCc1nc(Cl)cc(Nc2ccccc2F)n1. The molecule has 0 amide bonds. The molecule has 0 fully saturated rings. The van der Waals surface area contributed by atoms with E-state index in [0.29, 0.717) is 17.3 Å². The highest BCUT2D eigenvalue weighted by Gasteiger charge is 2.06. The molecule has 0 aliphatic carbocycles. The van der Waals surface area contributed by atoms with Crippen molar-refractivity contribution in [3.63, 3.8) is 0 Å². The van der Waals surface area contributed by atoms with Gasteiger partial charge in [-0.3, -0.25) is 0 Å². The van der Waals surface area contributed by atoms with Crippen LogP contribution in [0.3, 0.4) is 0 Å². The number of nitrogens with one attached hydrogen (secondary N) is 1. The fourth-order valence-electron chi connectivity index (χ4n) is 1.42. The molecule has 0 saturated heterocycles. The molecule has 18 heavy (non-hydrogen) atoms. The van der Waals surface area contributed by atoms with Gasteiger partial charge < -0.3 is 10.1 Å². The molecular formula is C12H11ClFN3O. The van der Waals surface area contributed by atoms with E-state index in [-0.39, 0.29) is 17.6 Å². The van der Waals surface area contributed by atoms with Gasteiger partial charge in [-0.1, -0.05) is 23.7 Å². The van der Waals surface area contributed by atoms with Crippen molar-refractivity contribution in [2.75, 3.05) is 12.4 Å². The standard InChI is InChI=1S/C12H11ClFN3O/c1-18-7-12-16-10(13)6-11(17-12)15-9-5-3-2-4-8(9)14/h2-6H,7H2,1H3,(H,15,16,17). The van der Waals surface area contributed by atoms with Crippen molar-refractivity contribution in [2.24, 2.45) is 0 Å². The molecule has 2 aromatic rings. The molecule has 1 aromatic heterocycles. The summed E-state index contributed by atoms with van der Waals surface area (Å²) in [6.07, 6.45) is 0. The Bertz CT molecular complexity index is 551. The van der Waals surface area contributed by atoms with Crippen LogP contribution in [0.4, 0.5) is 15.9 Å². The van der Waals surface area contributed by atoms with E-state index in [1.807, 2.05) is 0 Å². The Morgan fingerprint density at radius 2 is 2.11 bits per heavy atom. The third-order valence-electron chi connectivity index (χ3n) is 2.15. The van der Waals surface area contributed by atoms with Crippen LogP contribution < -0.4 is 5.32 Å². The van der Waals surface area contributed by atoms with E-state index < -0.39 is 0 Å². The summed E-state index contributed by atoms with van der Waals surface area (Å²) < 4.78 is 18.4. The van der Waals surface area contributed by atoms with Gasteiger partial charge in [0.15, 0.2) is 5.82 Å². The zero-order chi connectivity index (χ0) is 13.0. The number of hydrogen-bond donors (Lipinski definition) is 1. The van der Waals surface area contributed by atoms with E-state index >= 15 is 0 Å². The Morgan fingerprint density at radius 1 is 1.33 bits per heavy atom. The number of aromatic nitrogens is 2. The maximum atomic E-state index is 13.5. The largest absolute Gasteiger partial charge is 0.377 e. The highest BCUT2D eigenvalue weighted by Crippen LogP contribution is 2.20. The Labute approximate surface area is 109 Å².